The monoisotopic (exact) mass is 267 g/mol. The van der Waals surface area contributed by atoms with Crippen LogP contribution in [-0.4, -0.2) is 4.57 Å². The number of hydrogen-bond acceptors (Lipinski definition) is 1. The lowest BCUT2D eigenvalue weighted by Crippen LogP contribution is -2.22. The first-order chi connectivity index (χ1) is 8.80. The van der Waals surface area contributed by atoms with Gasteiger partial charge in [-0.3, -0.25) is 9.36 Å². The van der Waals surface area contributed by atoms with Gasteiger partial charge in [0.05, 0.1) is 5.56 Å². The van der Waals surface area contributed by atoms with Crippen molar-refractivity contribution in [2.24, 2.45) is 0 Å². The Labute approximate surface area is 108 Å². The zero-order valence-corrected chi connectivity index (χ0v) is 10.5. The number of hydrogen-bond donors (Lipinski definition) is 0. The first-order valence-electron chi connectivity index (χ1n) is 5.67. The van der Waals surface area contributed by atoms with Gasteiger partial charge in [0.1, 0.15) is 0 Å². The zero-order valence-electron chi connectivity index (χ0n) is 10.5. The van der Waals surface area contributed by atoms with Gasteiger partial charge in [0.15, 0.2) is 0 Å². The standard InChI is InChI=1S/C14H12F3NO/c1-9-6-7-10(2)18(13(9)19)12-5-3-4-11(8-12)14(15,16)17/h3-8H,1-2H3. The van der Waals surface area contributed by atoms with Crippen molar-refractivity contribution in [1.29, 1.82) is 0 Å². The molecule has 1 aromatic heterocycles. The molecule has 100 valence electrons. The molecule has 0 radical (unpaired) electrons. The molecule has 0 bridgehead atoms. The maximum atomic E-state index is 12.7. The van der Waals surface area contributed by atoms with Crippen LogP contribution in [0.25, 0.3) is 5.69 Å². The third-order valence-electron chi connectivity index (χ3n) is 2.90. The molecule has 0 saturated carbocycles. The summed E-state index contributed by atoms with van der Waals surface area (Å²) >= 11 is 0. The van der Waals surface area contributed by atoms with Crippen LogP contribution in [0.5, 0.6) is 0 Å². The first kappa shape index (κ1) is 13.4. The fourth-order valence-electron chi connectivity index (χ4n) is 1.87. The van der Waals surface area contributed by atoms with E-state index in [1.165, 1.54) is 16.7 Å². The van der Waals surface area contributed by atoms with Gasteiger partial charge in [0, 0.05) is 16.9 Å². The molecule has 0 unspecified atom stereocenters. The third kappa shape index (κ3) is 2.54. The van der Waals surface area contributed by atoms with Gasteiger partial charge in [-0.2, -0.15) is 13.2 Å². The Morgan fingerprint density at radius 2 is 1.74 bits per heavy atom. The van der Waals surface area contributed by atoms with Gasteiger partial charge < -0.3 is 0 Å². The van der Waals surface area contributed by atoms with Crippen LogP contribution >= 0.6 is 0 Å². The van der Waals surface area contributed by atoms with Crippen molar-refractivity contribution >= 4 is 0 Å². The smallest absolute Gasteiger partial charge is 0.281 e. The zero-order chi connectivity index (χ0) is 14.2. The number of rotatable bonds is 1. The summed E-state index contributed by atoms with van der Waals surface area (Å²) < 4.78 is 39.3. The van der Waals surface area contributed by atoms with E-state index in [9.17, 15) is 18.0 Å². The van der Waals surface area contributed by atoms with Gasteiger partial charge in [0.2, 0.25) is 0 Å². The van der Waals surface area contributed by atoms with E-state index in [2.05, 4.69) is 0 Å². The van der Waals surface area contributed by atoms with Crippen LogP contribution in [0, 0.1) is 13.8 Å². The molecule has 0 aliphatic carbocycles. The van der Waals surface area contributed by atoms with E-state index < -0.39 is 11.7 Å². The Balaban J connectivity index is 2.67. The number of halogens is 3. The van der Waals surface area contributed by atoms with Crippen molar-refractivity contribution in [3.8, 4) is 5.69 Å². The summed E-state index contributed by atoms with van der Waals surface area (Å²) in [7, 11) is 0. The highest BCUT2D eigenvalue weighted by molar-refractivity contribution is 5.39. The number of aryl methyl sites for hydroxylation is 2. The highest BCUT2D eigenvalue weighted by Crippen LogP contribution is 2.30. The third-order valence-corrected chi connectivity index (χ3v) is 2.90. The molecule has 19 heavy (non-hydrogen) atoms. The van der Waals surface area contributed by atoms with Crippen LogP contribution in [0.2, 0.25) is 0 Å². The number of benzene rings is 1. The Morgan fingerprint density at radius 1 is 1.05 bits per heavy atom. The van der Waals surface area contributed by atoms with Crippen LogP contribution in [0.4, 0.5) is 13.2 Å². The second kappa shape index (κ2) is 4.57. The average molecular weight is 267 g/mol. The van der Waals surface area contributed by atoms with Gasteiger partial charge in [-0.15, -0.1) is 0 Å². The maximum absolute atomic E-state index is 12.7. The SMILES string of the molecule is Cc1ccc(C)n(-c2cccc(C(F)(F)F)c2)c1=O. The van der Waals surface area contributed by atoms with E-state index in [-0.39, 0.29) is 11.2 Å². The Hall–Kier alpha value is -2.04. The number of aromatic nitrogens is 1. The number of pyridine rings is 1. The van der Waals surface area contributed by atoms with E-state index in [0.717, 1.165) is 12.1 Å². The average Bonchev–Trinajstić information content (AvgIpc) is 2.34. The highest BCUT2D eigenvalue weighted by Gasteiger charge is 2.30. The van der Waals surface area contributed by atoms with E-state index in [1.54, 1.807) is 26.0 Å². The highest BCUT2D eigenvalue weighted by atomic mass is 19.4. The molecule has 0 N–H and O–H groups in total. The second-order valence-corrected chi connectivity index (χ2v) is 4.35. The summed E-state index contributed by atoms with van der Waals surface area (Å²) in [6.07, 6.45) is -4.42. The first-order valence-corrected chi connectivity index (χ1v) is 5.67. The summed E-state index contributed by atoms with van der Waals surface area (Å²) in [5, 5.41) is 0. The molecule has 2 nitrogen and oxygen atoms in total. The van der Waals surface area contributed by atoms with E-state index in [0.29, 0.717) is 11.3 Å². The minimum absolute atomic E-state index is 0.223. The lowest BCUT2D eigenvalue weighted by atomic mass is 10.1. The van der Waals surface area contributed by atoms with Crippen molar-refractivity contribution < 1.29 is 13.2 Å². The van der Waals surface area contributed by atoms with E-state index >= 15 is 0 Å². The predicted octanol–water partition coefficient (Wildman–Crippen LogP) is 3.47. The van der Waals surface area contributed by atoms with Crippen molar-refractivity contribution in [2.75, 3.05) is 0 Å². The molecule has 5 heteroatoms. The van der Waals surface area contributed by atoms with Crippen molar-refractivity contribution in [1.82, 2.24) is 4.57 Å². The lowest BCUT2D eigenvalue weighted by Gasteiger charge is -2.13. The van der Waals surface area contributed by atoms with Gasteiger partial charge in [-0.05, 0) is 38.1 Å². The normalized spacial score (nSPS) is 11.6. The summed E-state index contributed by atoms with van der Waals surface area (Å²) in [6, 6.07) is 8.11. The van der Waals surface area contributed by atoms with Crippen molar-refractivity contribution in [2.45, 2.75) is 20.0 Å². The predicted molar refractivity (Wildman–Crippen MR) is 66.5 cm³/mol. The molecular weight excluding hydrogens is 255 g/mol. The summed E-state index contributed by atoms with van der Waals surface area (Å²) in [5.74, 6) is 0. The molecule has 1 heterocycles. The molecule has 2 rings (SSSR count). The van der Waals surface area contributed by atoms with E-state index in [1.807, 2.05) is 0 Å². The Bertz CT molecular complexity index is 671. The van der Waals surface area contributed by atoms with E-state index in [4.69, 9.17) is 0 Å². The lowest BCUT2D eigenvalue weighted by molar-refractivity contribution is -0.137. The fourth-order valence-corrected chi connectivity index (χ4v) is 1.87. The largest absolute Gasteiger partial charge is 0.416 e. The summed E-state index contributed by atoms with van der Waals surface area (Å²) in [6.45, 7) is 3.31. The quantitative estimate of drug-likeness (QED) is 0.775. The molecule has 0 saturated heterocycles. The number of alkyl halides is 3. The molecule has 0 atom stereocenters. The molecule has 2 aromatic rings. The van der Waals surface area contributed by atoms with Crippen molar-refractivity contribution in [3.63, 3.8) is 0 Å². The maximum Gasteiger partial charge on any atom is 0.416 e. The molecule has 0 fully saturated rings. The topological polar surface area (TPSA) is 22.0 Å². The molecule has 1 aromatic carbocycles. The minimum Gasteiger partial charge on any atom is -0.281 e. The molecule has 0 spiro atoms. The molecule has 0 aliphatic rings. The van der Waals surface area contributed by atoms with Crippen LogP contribution in [-0.2, 0) is 6.18 Å². The van der Waals surface area contributed by atoms with Crippen molar-refractivity contribution in [3.05, 3.63) is 63.6 Å². The number of nitrogens with zero attached hydrogens (tertiary/aromatic N) is 1. The van der Waals surface area contributed by atoms with Gasteiger partial charge in [0.25, 0.3) is 5.56 Å². The second-order valence-electron chi connectivity index (χ2n) is 4.35. The molecular formula is C14H12F3NO. The summed E-state index contributed by atoms with van der Waals surface area (Å²) in [5.41, 5.74) is 0.232. The van der Waals surface area contributed by atoms with Crippen LogP contribution in [0.3, 0.4) is 0 Å². The molecule has 0 amide bonds. The van der Waals surface area contributed by atoms with Gasteiger partial charge in [-0.25, -0.2) is 0 Å². The van der Waals surface area contributed by atoms with Crippen LogP contribution < -0.4 is 5.56 Å². The minimum atomic E-state index is -4.42. The van der Waals surface area contributed by atoms with Gasteiger partial charge >= 0.3 is 6.18 Å². The fraction of sp³-hybridized carbons (Fsp3) is 0.214. The van der Waals surface area contributed by atoms with Gasteiger partial charge in [-0.1, -0.05) is 12.1 Å². The Morgan fingerprint density at radius 3 is 2.37 bits per heavy atom. The Kier molecular flexibility index (Phi) is 3.22. The summed E-state index contributed by atoms with van der Waals surface area (Å²) in [4.78, 5) is 12.0. The molecule has 0 aliphatic heterocycles. The van der Waals surface area contributed by atoms with Crippen LogP contribution in [0.15, 0.2) is 41.2 Å². The van der Waals surface area contributed by atoms with Crippen LogP contribution in [0.1, 0.15) is 16.8 Å².